The van der Waals surface area contributed by atoms with Gasteiger partial charge in [0.1, 0.15) is 25.1 Å². The molecule has 0 amide bonds. The van der Waals surface area contributed by atoms with Gasteiger partial charge in [0.15, 0.2) is 11.2 Å². The van der Waals surface area contributed by atoms with Gasteiger partial charge < -0.3 is 30.3 Å². The van der Waals surface area contributed by atoms with Crippen molar-refractivity contribution in [3.63, 3.8) is 0 Å². The molecule has 7 N–H and O–H groups in total. The van der Waals surface area contributed by atoms with Gasteiger partial charge >= 0.3 is 15.6 Å². The number of nitrogens with two attached hydrogens (primary N) is 1. The van der Waals surface area contributed by atoms with E-state index in [2.05, 4.69) is 23.8 Å². The molecule has 0 bridgehead atoms. The molecule has 0 aliphatic rings. The highest BCUT2D eigenvalue weighted by molar-refractivity contribution is 7.60. The van der Waals surface area contributed by atoms with Gasteiger partial charge in [-0.3, -0.25) is 18.9 Å². The van der Waals surface area contributed by atoms with Crippen molar-refractivity contribution in [2.75, 3.05) is 19.0 Å². The van der Waals surface area contributed by atoms with Gasteiger partial charge in [0.2, 0.25) is 5.95 Å². The topological polar surface area (TPSA) is 232 Å². The fraction of sp³-hybridized carbons (Fsp3) is 0.545. The predicted molar refractivity (Wildman–Crippen MR) is 93.0 cm³/mol. The molecular weight excluding hydrogens is 443 g/mol. The van der Waals surface area contributed by atoms with Crippen molar-refractivity contribution in [2.45, 2.75) is 25.4 Å². The van der Waals surface area contributed by atoms with Crippen molar-refractivity contribution in [3.05, 3.63) is 16.7 Å². The average molecular weight is 461 g/mol. The lowest BCUT2D eigenvalue weighted by molar-refractivity contribution is -0.118. The van der Waals surface area contributed by atoms with Gasteiger partial charge in [-0.25, -0.2) is 18.5 Å². The molecule has 18 heteroatoms. The Kier molecular flexibility index (Phi) is 7.27. The summed E-state index contributed by atoms with van der Waals surface area (Å²) in [7, 11) is -10.6. The molecule has 0 aliphatic carbocycles. The van der Waals surface area contributed by atoms with Crippen LogP contribution in [0.4, 0.5) is 10.3 Å². The number of aliphatic hydroxyl groups excluding tert-OH is 1. The number of aliphatic hydroxyl groups is 1. The van der Waals surface area contributed by atoms with Gasteiger partial charge in [-0.1, -0.05) is 0 Å². The minimum absolute atomic E-state index is 0.00539. The molecule has 0 saturated carbocycles. The average Bonchev–Trinajstić information content (AvgIpc) is 2.99. The quantitative estimate of drug-likeness (QED) is 0.237. The number of phosphoric ester groups is 1. The van der Waals surface area contributed by atoms with E-state index in [0.717, 1.165) is 6.33 Å². The number of rotatable bonds is 10. The largest absolute Gasteiger partial charge is 0.481 e. The molecule has 3 unspecified atom stereocenters. The predicted octanol–water partition coefficient (Wildman–Crippen LogP) is -0.838. The standard InChI is InChI=1S/C11H18FN5O10P2/c1-5(17-4-14-8-9(17)15-11(13)16-10(8)19)26-7(6(18)2-12)3-25-29(23,24)27-28(20,21)22/h4-7,18H,2-3H2,1H3,(H,23,24)(H2,20,21,22)(H3,13,15,16,19)/t5?,6?,7-/m1/s1. The van der Waals surface area contributed by atoms with E-state index in [1.165, 1.54) is 11.5 Å². The molecule has 2 aromatic rings. The van der Waals surface area contributed by atoms with E-state index in [1.807, 2.05) is 0 Å². The highest BCUT2D eigenvalue weighted by Gasteiger charge is 2.35. The number of halogens is 1. The molecule has 0 aliphatic heterocycles. The van der Waals surface area contributed by atoms with Crippen LogP contribution >= 0.6 is 15.6 Å². The minimum atomic E-state index is -5.36. The van der Waals surface area contributed by atoms with E-state index in [9.17, 15) is 28.3 Å². The fourth-order valence-electron chi connectivity index (χ4n) is 2.19. The second-order valence-corrected chi connectivity index (χ2v) is 8.44. The Morgan fingerprint density at radius 3 is 2.62 bits per heavy atom. The fourth-order valence-corrected chi connectivity index (χ4v) is 3.79. The third-order valence-corrected chi connectivity index (χ3v) is 5.56. The number of H-pyrrole nitrogens is 1. The number of nitrogens with zero attached hydrogens (tertiary/aromatic N) is 3. The molecule has 2 heterocycles. The molecule has 2 aromatic heterocycles. The third kappa shape index (κ3) is 6.37. The van der Waals surface area contributed by atoms with Crippen molar-refractivity contribution >= 4 is 32.8 Å². The zero-order valence-electron chi connectivity index (χ0n) is 14.7. The number of nitrogens with one attached hydrogen (secondary N) is 1. The molecule has 4 atom stereocenters. The van der Waals surface area contributed by atoms with Gasteiger partial charge in [0.05, 0.1) is 12.9 Å². The van der Waals surface area contributed by atoms with Crippen LogP contribution in [0.2, 0.25) is 0 Å². The molecule has 0 spiro atoms. The number of imidazole rings is 1. The Labute approximate surface area is 161 Å². The second-order valence-electron chi connectivity index (χ2n) is 5.61. The van der Waals surface area contributed by atoms with Crippen molar-refractivity contribution in [1.82, 2.24) is 19.5 Å². The summed E-state index contributed by atoms with van der Waals surface area (Å²) in [6.45, 7) is -0.930. The van der Waals surface area contributed by atoms with Crippen LogP contribution in [0.25, 0.3) is 11.2 Å². The van der Waals surface area contributed by atoms with E-state index < -0.39 is 52.9 Å². The summed E-state index contributed by atoms with van der Waals surface area (Å²) in [4.78, 5) is 48.2. The number of hydrogen-bond donors (Lipinski definition) is 6. The van der Waals surface area contributed by atoms with E-state index >= 15 is 0 Å². The van der Waals surface area contributed by atoms with Crippen molar-refractivity contribution in [1.29, 1.82) is 0 Å². The van der Waals surface area contributed by atoms with Crippen LogP contribution in [0, 0.1) is 0 Å². The number of hydrogen-bond acceptors (Lipinski definition) is 10. The Morgan fingerprint density at radius 2 is 2.03 bits per heavy atom. The molecular formula is C11H18FN5O10P2. The summed E-state index contributed by atoms with van der Waals surface area (Å²) >= 11 is 0. The van der Waals surface area contributed by atoms with Gasteiger partial charge in [-0.05, 0) is 6.92 Å². The van der Waals surface area contributed by atoms with Crippen LogP contribution < -0.4 is 11.3 Å². The maximum Gasteiger partial charge on any atom is 0.481 e. The van der Waals surface area contributed by atoms with Gasteiger partial charge in [0.25, 0.3) is 5.56 Å². The molecule has 0 aromatic carbocycles. The summed E-state index contributed by atoms with van der Waals surface area (Å²) in [5.41, 5.74) is 4.77. The normalized spacial score (nSPS) is 17.7. The van der Waals surface area contributed by atoms with Crippen molar-refractivity contribution < 1.29 is 46.9 Å². The Balaban J connectivity index is 2.19. The maximum absolute atomic E-state index is 12.9. The van der Waals surface area contributed by atoms with E-state index in [1.54, 1.807) is 0 Å². The van der Waals surface area contributed by atoms with Gasteiger partial charge in [0, 0.05) is 0 Å². The molecule has 0 radical (unpaired) electrons. The lowest BCUT2D eigenvalue weighted by Gasteiger charge is -2.26. The molecule has 29 heavy (non-hydrogen) atoms. The van der Waals surface area contributed by atoms with Crippen LogP contribution in [0.1, 0.15) is 13.2 Å². The smallest absolute Gasteiger partial charge is 0.388 e. The Bertz CT molecular complexity index is 1010. The molecule has 0 fully saturated rings. The first-order valence-electron chi connectivity index (χ1n) is 7.69. The van der Waals surface area contributed by atoms with Crippen LogP contribution in [-0.4, -0.2) is 64.8 Å². The molecule has 15 nitrogen and oxygen atoms in total. The van der Waals surface area contributed by atoms with Crippen LogP contribution in [0.5, 0.6) is 0 Å². The maximum atomic E-state index is 12.9. The molecule has 2 rings (SSSR count). The monoisotopic (exact) mass is 461 g/mol. The van der Waals surface area contributed by atoms with E-state index in [-0.39, 0.29) is 17.1 Å². The van der Waals surface area contributed by atoms with Crippen LogP contribution in [-0.2, 0) is 22.7 Å². The van der Waals surface area contributed by atoms with Crippen molar-refractivity contribution in [3.8, 4) is 0 Å². The van der Waals surface area contributed by atoms with Crippen LogP contribution in [0.3, 0.4) is 0 Å². The summed E-state index contributed by atoms with van der Waals surface area (Å²) in [6.07, 6.45) is -3.34. The number of anilines is 1. The zero-order valence-corrected chi connectivity index (χ0v) is 16.4. The highest BCUT2D eigenvalue weighted by Crippen LogP contribution is 2.57. The lowest BCUT2D eigenvalue weighted by Crippen LogP contribution is -2.36. The second kappa shape index (κ2) is 8.95. The van der Waals surface area contributed by atoms with Gasteiger partial charge in [-0.2, -0.15) is 9.29 Å². The highest BCUT2D eigenvalue weighted by atomic mass is 31.3. The summed E-state index contributed by atoms with van der Waals surface area (Å²) in [6, 6.07) is 0. The first kappa shape index (κ1) is 23.5. The SMILES string of the molecule is CC(O[C@H](COP(=O)(O)OP(=O)(O)O)C(O)CF)n1cnc2c(=O)[nH]c(N)nc21. The number of aromatic amines is 1. The van der Waals surface area contributed by atoms with Gasteiger partial charge in [-0.15, -0.1) is 0 Å². The third-order valence-electron chi connectivity index (χ3n) is 3.41. The summed E-state index contributed by atoms with van der Waals surface area (Å²) in [5.74, 6) is -0.212. The van der Waals surface area contributed by atoms with E-state index in [0.29, 0.717) is 0 Å². The number of aromatic nitrogens is 4. The summed E-state index contributed by atoms with van der Waals surface area (Å²) in [5, 5.41) is 9.73. The minimum Gasteiger partial charge on any atom is -0.388 e. The molecule has 164 valence electrons. The number of fused-ring (bicyclic) bond motifs is 1. The lowest BCUT2D eigenvalue weighted by atomic mass is 10.2. The zero-order chi connectivity index (χ0) is 22.0. The Morgan fingerprint density at radius 1 is 1.38 bits per heavy atom. The van der Waals surface area contributed by atoms with E-state index in [4.69, 9.17) is 20.3 Å². The summed E-state index contributed by atoms with van der Waals surface area (Å²) < 4.78 is 49.7. The number of ether oxygens (including phenoxy) is 1. The molecule has 0 saturated heterocycles. The number of alkyl halides is 1. The van der Waals surface area contributed by atoms with Crippen LogP contribution in [0.15, 0.2) is 11.1 Å². The first-order chi connectivity index (χ1) is 13.3. The van der Waals surface area contributed by atoms with Crippen molar-refractivity contribution in [2.24, 2.45) is 0 Å². The number of nitrogen functional groups attached to an aromatic ring is 1. The first-order valence-corrected chi connectivity index (χ1v) is 10.7. The Hall–Kier alpha value is -1.74. The number of phosphoric acid groups is 2.